The van der Waals surface area contributed by atoms with Gasteiger partial charge < -0.3 is 15.3 Å². The Bertz CT molecular complexity index is 762. The molecule has 0 radical (unpaired) electrons. The summed E-state index contributed by atoms with van der Waals surface area (Å²) < 4.78 is 0. The number of benzene rings is 1. The Morgan fingerprint density at radius 2 is 1.62 bits per heavy atom. The molecule has 1 aliphatic heterocycles. The topological polar surface area (TPSA) is 64.6 Å². The monoisotopic (exact) mass is 471 g/mol. The maximum atomic E-state index is 12.1. The molecule has 3 N–H and O–H groups in total. The first-order valence-electron chi connectivity index (χ1n) is 13.5. The second-order valence-corrected chi connectivity index (χ2v) is 8.70. The number of nitrogens with zero attached hydrogens (tertiary/aromatic N) is 1. The van der Waals surface area contributed by atoms with Crippen LogP contribution in [0.3, 0.4) is 0 Å². The molecule has 34 heavy (non-hydrogen) atoms. The van der Waals surface area contributed by atoms with Gasteiger partial charge in [-0.1, -0.05) is 85.4 Å². The van der Waals surface area contributed by atoms with Crippen LogP contribution < -0.4 is 10.6 Å². The Morgan fingerprint density at radius 1 is 1.06 bits per heavy atom. The number of hydrogen-bond donors (Lipinski definition) is 3. The van der Waals surface area contributed by atoms with Gasteiger partial charge in [0.25, 0.3) is 0 Å². The molecule has 3 rings (SSSR count). The fourth-order valence-electron chi connectivity index (χ4n) is 4.56. The SMILES string of the molecule is C=C(CC(=O)CC)C1=C(C)NC(NC2CCCCCCC2)N1Cc1ccc(O)cc1.CC.CC. The number of nitrogens with one attached hydrogen (secondary N) is 2. The lowest BCUT2D eigenvalue weighted by Gasteiger charge is -2.34. The minimum Gasteiger partial charge on any atom is -0.508 e. The van der Waals surface area contributed by atoms with Crippen LogP contribution in [0.15, 0.2) is 47.8 Å². The summed E-state index contributed by atoms with van der Waals surface area (Å²) in [6, 6.07) is 7.84. The lowest BCUT2D eigenvalue weighted by atomic mass is 9.97. The molecule has 1 aromatic rings. The Hall–Kier alpha value is -2.27. The van der Waals surface area contributed by atoms with Gasteiger partial charge in [-0.2, -0.15) is 0 Å². The highest BCUT2D eigenvalue weighted by Gasteiger charge is 2.32. The van der Waals surface area contributed by atoms with Gasteiger partial charge in [-0.05, 0) is 43.0 Å². The summed E-state index contributed by atoms with van der Waals surface area (Å²) in [6.45, 7) is 16.9. The van der Waals surface area contributed by atoms with E-state index in [1.807, 2.05) is 46.8 Å². The summed E-state index contributed by atoms with van der Waals surface area (Å²) in [5, 5.41) is 17.1. The van der Waals surface area contributed by atoms with E-state index in [1.54, 1.807) is 12.1 Å². The van der Waals surface area contributed by atoms with E-state index in [-0.39, 0.29) is 17.8 Å². The predicted octanol–water partition coefficient (Wildman–Crippen LogP) is 6.99. The number of carbonyl (C=O) groups is 1. The summed E-state index contributed by atoms with van der Waals surface area (Å²) in [7, 11) is 0. The van der Waals surface area contributed by atoms with Crippen molar-refractivity contribution in [3.63, 3.8) is 0 Å². The van der Waals surface area contributed by atoms with E-state index in [1.165, 1.54) is 44.9 Å². The molecule has 1 atom stereocenters. The summed E-state index contributed by atoms with van der Waals surface area (Å²) in [4.78, 5) is 14.4. The van der Waals surface area contributed by atoms with E-state index >= 15 is 0 Å². The number of rotatable bonds is 8. The molecular formula is C29H49N3O2. The maximum absolute atomic E-state index is 12.1. The molecule has 0 bridgehead atoms. The minimum atomic E-state index is -0.0216. The molecule has 1 saturated carbocycles. The van der Waals surface area contributed by atoms with Crippen LogP contribution in [-0.4, -0.2) is 28.1 Å². The van der Waals surface area contributed by atoms with E-state index in [2.05, 4.69) is 29.0 Å². The number of Topliss-reactive ketones (excluding diaryl/α,β-unsaturated/α-hetero) is 1. The highest BCUT2D eigenvalue weighted by Crippen LogP contribution is 2.30. The highest BCUT2D eigenvalue weighted by atomic mass is 16.3. The minimum absolute atomic E-state index is 0.0216. The summed E-state index contributed by atoms with van der Waals surface area (Å²) in [5.74, 6) is 0.480. The van der Waals surface area contributed by atoms with Crippen LogP contribution in [0.5, 0.6) is 5.75 Å². The number of hydrogen-bond acceptors (Lipinski definition) is 5. The van der Waals surface area contributed by atoms with Gasteiger partial charge in [0.05, 0.1) is 5.70 Å². The number of phenols is 1. The van der Waals surface area contributed by atoms with Crippen molar-refractivity contribution in [1.29, 1.82) is 0 Å². The third-order valence-electron chi connectivity index (χ3n) is 6.24. The predicted molar refractivity (Wildman–Crippen MR) is 144 cm³/mol. The zero-order valence-electron chi connectivity index (χ0n) is 22.5. The van der Waals surface area contributed by atoms with E-state index in [0.29, 0.717) is 25.4 Å². The van der Waals surface area contributed by atoms with Crippen molar-refractivity contribution in [2.75, 3.05) is 0 Å². The van der Waals surface area contributed by atoms with Gasteiger partial charge in [-0.25, -0.2) is 0 Å². The van der Waals surface area contributed by atoms with E-state index in [9.17, 15) is 9.90 Å². The normalized spacial score (nSPS) is 18.5. The molecule has 192 valence electrons. The molecule has 2 aliphatic rings. The van der Waals surface area contributed by atoms with Crippen LogP contribution in [0.25, 0.3) is 0 Å². The molecule has 1 aliphatic carbocycles. The summed E-state index contributed by atoms with van der Waals surface area (Å²) in [6.07, 6.45) is 9.86. The lowest BCUT2D eigenvalue weighted by molar-refractivity contribution is -0.118. The maximum Gasteiger partial charge on any atom is 0.155 e. The summed E-state index contributed by atoms with van der Waals surface area (Å²) in [5.41, 5.74) is 4.08. The highest BCUT2D eigenvalue weighted by molar-refractivity contribution is 5.81. The average Bonchev–Trinajstić information content (AvgIpc) is 3.13. The molecule has 5 nitrogen and oxygen atoms in total. The van der Waals surface area contributed by atoms with Crippen LogP contribution in [0.1, 0.15) is 105 Å². The van der Waals surface area contributed by atoms with Crippen LogP contribution >= 0.6 is 0 Å². The van der Waals surface area contributed by atoms with Crippen LogP contribution in [0.4, 0.5) is 0 Å². The average molecular weight is 472 g/mol. The van der Waals surface area contributed by atoms with Crippen LogP contribution in [0, 0.1) is 0 Å². The van der Waals surface area contributed by atoms with Gasteiger partial charge >= 0.3 is 0 Å². The van der Waals surface area contributed by atoms with Gasteiger partial charge in [-0.3, -0.25) is 10.1 Å². The molecular weight excluding hydrogens is 422 g/mol. The smallest absolute Gasteiger partial charge is 0.155 e. The second kappa shape index (κ2) is 16.4. The first-order chi connectivity index (χ1) is 16.5. The largest absolute Gasteiger partial charge is 0.508 e. The molecule has 1 aromatic carbocycles. The van der Waals surface area contributed by atoms with Crippen LogP contribution in [0.2, 0.25) is 0 Å². The van der Waals surface area contributed by atoms with Gasteiger partial charge in [0.2, 0.25) is 0 Å². The molecule has 1 heterocycles. The standard InChI is InChI=1S/C25H37N3O2.2C2H6/c1-4-22(29)16-18(2)24-19(3)26-25(27-21-10-8-6-5-7-9-11-21)28(24)17-20-12-14-23(30)15-13-20;2*1-2/h12-15,21,25-27,30H,2,4-11,16-17H2,1,3H3;2*1-2H3. The van der Waals surface area contributed by atoms with Crippen molar-refractivity contribution in [1.82, 2.24) is 15.5 Å². The fraction of sp³-hybridized carbons (Fsp3) is 0.621. The Morgan fingerprint density at radius 3 is 2.18 bits per heavy atom. The summed E-state index contributed by atoms with van der Waals surface area (Å²) >= 11 is 0. The third-order valence-corrected chi connectivity index (χ3v) is 6.24. The molecule has 1 unspecified atom stereocenters. The van der Waals surface area contributed by atoms with Gasteiger partial charge in [-0.15, -0.1) is 0 Å². The van der Waals surface area contributed by atoms with Crippen molar-refractivity contribution >= 4 is 5.78 Å². The second-order valence-electron chi connectivity index (χ2n) is 8.70. The van der Waals surface area contributed by atoms with Crippen molar-refractivity contribution in [3.05, 3.63) is 53.4 Å². The zero-order valence-corrected chi connectivity index (χ0v) is 22.5. The molecule has 5 heteroatoms. The Labute approximate surface area is 208 Å². The lowest BCUT2D eigenvalue weighted by Crippen LogP contribution is -2.52. The molecule has 0 spiro atoms. The van der Waals surface area contributed by atoms with Crippen molar-refractivity contribution in [3.8, 4) is 5.75 Å². The number of phenolic OH excluding ortho intramolecular Hbond substituents is 1. The fourth-order valence-corrected chi connectivity index (χ4v) is 4.56. The third kappa shape index (κ3) is 9.17. The number of ketones is 1. The zero-order chi connectivity index (χ0) is 25.5. The van der Waals surface area contributed by atoms with Crippen LogP contribution in [-0.2, 0) is 11.3 Å². The van der Waals surface area contributed by atoms with Crippen molar-refractivity contribution < 1.29 is 9.90 Å². The molecule has 1 fully saturated rings. The Kier molecular flexibility index (Phi) is 14.3. The van der Waals surface area contributed by atoms with Gasteiger partial charge in [0.15, 0.2) is 6.29 Å². The first-order valence-corrected chi connectivity index (χ1v) is 13.5. The number of allylic oxidation sites excluding steroid dienone is 2. The van der Waals surface area contributed by atoms with Crippen molar-refractivity contribution in [2.45, 2.75) is 118 Å². The van der Waals surface area contributed by atoms with Gasteiger partial charge in [0.1, 0.15) is 11.5 Å². The molecule has 0 aromatic heterocycles. The number of carbonyl (C=O) groups excluding carboxylic acids is 1. The molecule has 0 saturated heterocycles. The van der Waals surface area contributed by atoms with E-state index in [4.69, 9.17) is 0 Å². The quantitative estimate of drug-likeness (QED) is 0.381. The van der Waals surface area contributed by atoms with E-state index in [0.717, 1.165) is 22.5 Å². The number of aromatic hydroxyl groups is 1. The first kappa shape index (κ1) is 29.8. The molecule has 0 amide bonds. The van der Waals surface area contributed by atoms with E-state index < -0.39 is 0 Å². The van der Waals surface area contributed by atoms with Crippen molar-refractivity contribution in [2.24, 2.45) is 0 Å². The Balaban J connectivity index is 0.00000137. The van der Waals surface area contributed by atoms with Gasteiger partial charge in [0, 0.05) is 31.1 Å².